The van der Waals surface area contributed by atoms with E-state index in [1.807, 2.05) is 6.92 Å². The van der Waals surface area contributed by atoms with Gasteiger partial charge in [-0.15, -0.1) is 0 Å². The molecule has 2 rings (SSSR count). The Kier molecular flexibility index (Phi) is 7.17. The van der Waals surface area contributed by atoms with E-state index >= 15 is 0 Å². The Balaban J connectivity index is 2.05. The number of para-hydroxylation sites is 2. The molecule has 0 heterocycles. The summed E-state index contributed by atoms with van der Waals surface area (Å²) in [5.74, 6) is -2.37. The van der Waals surface area contributed by atoms with Crippen LogP contribution in [0.4, 0.5) is 11.4 Å². The molecule has 0 atom stereocenters. The van der Waals surface area contributed by atoms with Gasteiger partial charge in [-0.2, -0.15) is 0 Å². The number of amides is 2. The summed E-state index contributed by atoms with van der Waals surface area (Å²) in [4.78, 5) is 36.3. The van der Waals surface area contributed by atoms with E-state index < -0.39 is 17.8 Å². The Morgan fingerprint density at radius 2 is 1.50 bits per heavy atom. The molecule has 0 aliphatic rings. The van der Waals surface area contributed by atoms with Crippen LogP contribution in [0.2, 0.25) is 5.02 Å². The van der Waals surface area contributed by atoms with E-state index in [4.69, 9.17) is 16.3 Å². The highest BCUT2D eigenvalue weighted by molar-refractivity contribution is 6.45. The Bertz CT molecular complexity index is 808. The van der Waals surface area contributed by atoms with Gasteiger partial charge in [0.1, 0.15) is 0 Å². The van der Waals surface area contributed by atoms with Crippen LogP contribution in [-0.2, 0) is 14.3 Å². The average Bonchev–Trinajstić information content (AvgIpc) is 2.64. The minimum absolute atomic E-state index is 0.183. The lowest BCUT2D eigenvalue weighted by molar-refractivity contribution is -0.133. The van der Waals surface area contributed by atoms with Gasteiger partial charge in [-0.25, -0.2) is 4.79 Å². The molecule has 0 bridgehead atoms. The van der Waals surface area contributed by atoms with Crippen molar-refractivity contribution in [3.05, 3.63) is 59.1 Å². The third-order valence-electron chi connectivity index (χ3n) is 3.45. The van der Waals surface area contributed by atoms with Crippen molar-refractivity contribution in [1.29, 1.82) is 0 Å². The number of rotatable bonds is 6. The van der Waals surface area contributed by atoms with E-state index in [0.29, 0.717) is 17.3 Å². The molecule has 2 aromatic carbocycles. The summed E-state index contributed by atoms with van der Waals surface area (Å²) < 4.78 is 5.15. The second-order valence-electron chi connectivity index (χ2n) is 5.42. The molecule has 2 aromatic rings. The van der Waals surface area contributed by atoms with Gasteiger partial charge in [-0.3, -0.25) is 9.59 Å². The van der Waals surface area contributed by atoms with Gasteiger partial charge in [0.15, 0.2) is 0 Å². The highest BCUT2D eigenvalue weighted by Gasteiger charge is 2.19. The summed E-state index contributed by atoms with van der Waals surface area (Å²) in [7, 11) is 0. The lowest BCUT2D eigenvalue weighted by atomic mass is 10.1. The number of unbranched alkanes of at least 4 members (excludes halogenated alkanes) is 1. The number of benzene rings is 2. The molecular formula is C19H19ClN2O4. The van der Waals surface area contributed by atoms with Crippen molar-refractivity contribution in [2.75, 3.05) is 17.2 Å². The van der Waals surface area contributed by atoms with Crippen LogP contribution in [0.1, 0.15) is 30.1 Å². The number of halogens is 1. The lowest BCUT2D eigenvalue weighted by Crippen LogP contribution is -2.30. The molecule has 0 saturated carbocycles. The van der Waals surface area contributed by atoms with E-state index in [2.05, 4.69) is 10.6 Å². The predicted molar refractivity (Wildman–Crippen MR) is 100 cm³/mol. The van der Waals surface area contributed by atoms with Gasteiger partial charge in [0.2, 0.25) is 0 Å². The quantitative estimate of drug-likeness (QED) is 0.456. The molecule has 0 fully saturated rings. The fourth-order valence-corrected chi connectivity index (χ4v) is 2.26. The number of ether oxygens (including phenoxy) is 1. The predicted octanol–water partition coefficient (Wildman–Crippen LogP) is 3.87. The fourth-order valence-electron chi connectivity index (χ4n) is 2.08. The maximum absolute atomic E-state index is 12.1. The number of anilines is 2. The molecule has 2 amide bonds. The van der Waals surface area contributed by atoms with Crippen LogP contribution in [0.15, 0.2) is 48.5 Å². The van der Waals surface area contributed by atoms with E-state index in [-0.39, 0.29) is 11.3 Å². The summed E-state index contributed by atoms with van der Waals surface area (Å²) in [6.07, 6.45) is 1.65. The van der Waals surface area contributed by atoms with Gasteiger partial charge < -0.3 is 15.4 Å². The molecule has 2 N–H and O–H groups in total. The van der Waals surface area contributed by atoms with Crippen molar-refractivity contribution in [3.8, 4) is 0 Å². The summed E-state index contributed by atoms with van der Waals surface area (Å²) in [6.45, 7) is 2.28. The number of esters is 1. The monoisotopic (exact) mass is 374 g/mol. The van der Waals surface area contributed by atoms with E-state index in [1.54, 1.807) is 36.4 Å². The normalized spacial score (nSPS) is 10.1. The Labute approximate surface area is 156 Å². The molecule has 0 saturated heterocycles. The number of hydrogen-bond donors (Lipinski definition) is 2. The molecule has 136 valence electrons. The topological polar surface area (TPSA) is 84.5 Å². The van der Waals surface area contributed by atoms with E-state index in [0.717, 1.165) is 12.8 Å². The van der Waals surface area contributed by atoms with Crippen molar-refractivity contribution in [2.45, 2.75) is 19.8 Å². The summed E-state index contributed by atoms with van der Waals surface area (Å²) in [6, 6.07) is 12.9. The minimum Gasteiger partial charge on any atom is -0.462 e. The zero-order chi connectivity index (χ0) is 18.9. The first-order chi connectivity index (χ1) is 12.5. The highest BCUT2D eigenvalue weighted by atomic mass is 35.5. The Morgan fingerprint density at radius 3 is 2.15 bits per heavy atom. The largest absolute Gasteiger partial charge is 0.462 e. The zero-order valence-corrected chi connectivity index (χ0v) is 15.0. The molecule has 0 aliphatic carbocycles. The third kappa shape index (κ3) is 5.32. The van der Waals surface area contributed by atoms with Crippen molar-refractivity contribution < 1.29 is 19.1 Å². The van der Waals surface area contributed by atoms with Crippen LogP contribution in [0, 0.1) is 0 Å². The van der Waals surface area contributed by atoms with E-state index in [1.165, 1.54) is 12.1 Å². The number of nitrogens with one attached hydrogen (secondary N) is 2. The van der Waals surface area contributed by atoms with Crippen LogP contribution in [0.25, 0.3) is 0 Å². The summed E-state index contributed by atoms with van der Waals surface area (Å²) in [5, 5.41) is 5.16. The van der Waals surface area contributed by atoms with Crippen molar-refractivity contribution >= 4 is 40.8 Å². The first-order valence-corrected chi connectivity index (χ1v) is 8.53. The molecular weight excluding hydrogens is 356 g/mol. The molecule has 6 nitrogen and oxygen atoms in total. The lowest BCUT2D eigenvalue weighted by Gasteiger charge is -2.11. The van der Waals surface area contributed by atoms with Gasteiger partial charge in [0.05, 0.1) is 28.6 Å². The smallest absolute Gasteiger partial charge is 0.340 e. The first kappa shape index (κ1) is 19.5. The highest BCUT2D eigenvalue weighted by Crippen LogP contribution is 2.21. The molecule has 7 heteroatoms. The number of hydrogen-bond acceptors (Lipinski definition) is 4. The summed E-state index contributed by atoms with van der Waals surface area (Å²) in [5.41, 5.74) is 0.706. The maximum atomic E-state index is 12.1. The molecule has 0 spiro atoms. The number of carbonyl (C=O) groups excluding carboxylic acids is 3. The number of carbonyl (C=O) groups is 3. The van der Waals surface area contributed by atoms with Crippen LogP contribution < -0.4 is 10.6 Å². The summed E-state index contributed by atoms with van der Waals surface area (Å²) >= 11 is 5.95. The average molecular weight is 375 g/mol. The second-order valence-corrected chi connectivity index (χ2v) is 5.83. The molecule has 26 heavy (non-hydrogen) atoms. The van der Waals surface area contributed by atoms with E-state index in [9.17, 15) is 14.4 Å². The van der Waals surface area contributed by atoms with Crippen LogP contribution in [-0.4, -0.2) is 24.4 Å². The molecule has 0 aliphatic heterocycles. The maximum Gasteiger partial charge on any atom is 0.340 e. The fraction of sp³-hybridized carbons (Fsp3) is 0.211. The van der Waals surface area contributed by atoms with Crippen molar-refractivity contribution in [3.63, 3.8) is 0 Å². The van der Waals surface area contributed by atoms with Gasteiger partial charge in [-0.1, -0.05) is 49.2 Å². The van der Waals surface area contributed by atoms with Gasteiger partial charge >= 0.3 is 17.8 Å². The molecule has 0 radical (unpaired) electrons. The first-order valence-electron chi connectivity index (χ1n) is 8.16. The van der Waals surface area contributed by atoms with Gasteiger partial charge in [-0.05, 0) is 30.7 Å². The van der Waals surface area contributed by atoms with Crippen molar-refractivity contribution in [1.82, 2.24) is 0 Å². The molecule has 0 unspecified atom stereocenters. The van der Waals surface area contributed by atoms with Crippen molar-refractivity contribution in [2.24, 2.45) is 0 Å². The van der Waals surface area contributed by atoms with Crippen LogP contribution in [0.3, 0.4) is 0 Å². The zero-order valence-electron chi connectivity index (χ0n) is 14.3. The Hall–Kier alpha value is -2.86. The second kappa shape index (κ2) is 9.58. The third-order valence-corrected chi connectivity index (χ3v) is 3.78. The SMILES string of the molecule is CCCCOC(=O)c1ccccc1NC(=O)C(=O)Nc1ccccc1Cl. The van der Waals surface area contributed by atoms with Gasteiger partial charge in [0.25, 0.3) is 0 Å². The Morgan fingerprint density at radius 1 is 0.923 bits per heavy atom. The minimum atomic E-state index is -0.918. The molecule has 0 aromatic heterocycles. The van der Waals surface area contributed by atoms with Gasteiger partial charge in [0, 0.05) is 0 Å². The van der Waals surface area contributed by atoms with Crippen LogP contribution in [0.5, 0.6) is 0 Å². The standard InChI is InChI=1S/C19H19ClN2O4/c1-2-3-12-26-19(25)13-8-4-6-10-15(13)21-17(23)18(24)22-16-11-7-5-9-14(16)20/h4-11H,2-3,12H2,1H3,(H,21,23)(H,22,24). The van der Waals surface area contributed by atoms with Crippen LogP contribution >= 0.6 is 11.6 Å².